The Morgan fingerprint density at radius 1 is 0.357 bits per heavy atom. The van der Waals surface area contributed by atoms with E-state index in [1.54, 1.807) is 0 Å². The van der Waals surface area contributed by atoms with Crippen LogP contribution in [0.3, 0.4) is 0 Å². The van der Waals surface area contributed by atoms with Gasteiger partial charge in [-0.3, -0.25) is 14.7 Å². The van der Waals surface area contributed by atoms with Crippen molar-refractivity contribution in [1.29, 1.82) is 0 Å². The van der Waals surface area contributed by atoms with Crippen LogP contribution in [-0.2, 0) is 0 Å². The summed E-state index contributed by atoms with van der Waals surface area (Å²) >= 11 is 0. The highest BCUT2D eigenvalue weighted by Crippen LogP contribution is 2.30. The molecule has 0 saturated heterocycles. The molecule has 28 heavy (non-hydrogen) atoms. The lowest BCUT2D eigenvalue weighted by molar-refractivity contribution is -0.159. The fourth-order valence-electron chi connectivity index (χ4n) is 4.40. The van der Waals surface area contributed by atoms with Gasteiger partial charge in [-0.05, 0) is 80.1 Å². The van der Waals surface area contributed by atoms with E-state index in [1.807, 2.05) is 0 Å². The van der Waals surface area contributed by atoms with Gasteiger partial charge < -0.3 is 0 Å². The van der Waals surface area contributed by atoms with E-state index in [-0.39, 0.29) is 0 Å². The minimum atomic E-state index is 0.361. The Hall–Kier alpha value is -0.120. The lowest BCUT2D eigenvalue weighted by Gasteiger charge is -2.56. The van der Waals surface area contributed by atoms with Gasteiger partial charge in [-0.15, -0.1) is 0 Å². The summed E-state index contributed by atoms with van der Waals surface area (Å²) in [5.41, 5.74) is 0. The van der Waals surface area contributed by atoms with Gasteiger partial charge >= 0.3 is 0 Å². The average Bonchev–Trinajstić information content (AvgIpc) is 2.72. The largest absolute Gasteiger partial charge is 0.270 e. The van der Waals surface area contributed by atoms with Gasteiger partial charge in [-0.1, -0.05) is 41.5 Å². The number of hydrogen-bond acceptors (Lipinski definition) is 3. The lowest BCUT2D eigenvalue weighted by Crippen LogP contribution is -2.69. The zero-order chi connectivity index (χ0) is 22.0. The molecule has 0 bridgehead atoms. The van der Waals surface area contributed by atoms with Crippen LogP contribution in [0.25, 0.3) is 0 Å². The topological polar surface area (TPSA) is 9.72 Å². The monoisotopic (exact) mass is 397 g/mol. The first-order chi connectivity index (χ1) is 13.2. The highest BCUT2D eigenvalue weighted by Gasteiger charge is 2.41. The summed E-state index contributed by atoms with van der Waals surface area (Å²) in [4.78, 5) is 8.57. The van der Waals surface area contributed by atoms with Crippen LogP contribution in [0, 0.1) is 0 Å². The summed E-state index contributed by atoms with van der Waals surface area (Å²) in [5, 5.41) is 0. The molecule has 0 amide bonds. The SMILES string of the molecule is CCC(C)N(C(C)CC)C(N(C(C)CC)C(C)CC)N(C(C)CC)C(C)CC. The molecule has 3 heteroatoms. The van der Waals surface area contributed by atoms with E-state index >= 15 is 0 Å². The fraction of sp³-hybridized carbons (Fsp3) is 1.00. The van der Waals surface area contributed by atoms with Gasteiger partial charge in [0.1, 0.15) is 6.29 Å². The van der Waals surface area contributed by atoms with Crippen LogP contribution in [0.4, 0.5) is 0 Å². The zero-order valence-electron chi connectivity index (χ0n) is 21.6. The molecule has 0 rings (SSSR count). The summed E-state index contributed by atoms with van der Waals surface area (Å²) < 4.78 is 0. The third kappa shape index (κ3) is 6.99. The predicted molar refractivity (Wildman–Crippen MR) is 128 cm³/mol. The van der Waals surface area contributed by atoms with Crippen LogP contribution >= 0.6 is 0 Å². The standard InChI is InChI=1S/C25H55N3/c1-13-19(7)26(20(8)14-2)25(27(21(9)15-3)22(10)16-4)28(23(11)17-5)24(12)18-6/h19-25H,13-18H2,1-12H3. The quantitative estimate of drug-likeness (QED) is 0.276. The molecule has 0 aliphatic rings. The molecule has 6 unspecified atom stereocenters. The van der Waals surface area contributed by atoms with Crippen molar-refractivity contribution >= 4 is 0 Å². The van der Waals surface area contributed by atoms with Crippen LogP contribution in [0.2, 0.25) is 0 Å². The van der Waals surface area contributed by atoms with Gasteiger partial charge in [-0.25, -0.2) is 0 Å². The summed E-state index contributed by atoms with van der Waals surface area (Å²) in [5.74, 6) is 0. The Bertz CT molecular complexity index is 299. The molecule has 0 saturated carbocycles. The van der Waals surface area contributed by atoms with Crippen LogP contribution in [0.1, 0.15) is 122 Å². The van der Waals surface area contributed by atoms with Crippen LogP contribution in [0.15, 0.2) is 0 Å². The Labute approximate surface area is 179 Å². The van der Waals surface area contributed by atoms with Gasteiger partial charge in [-0.2, -0.15) is 0 Å². The molecule has 0 aromatic heterocycles. The normalized spacial score (nSPS) is 20.2. The van der Waals surface area contributed by atoms with E-state index in [2.05, 4.69) is 97.8 Å². The lowest BCUT2D eigenvalue weighted by atomic mass is 10.0. The molecule has 170 valence electrons. The Morgan fingerprint density at radius 2 is 0.500 bits per heavy atom. The summed E-state index contributed by atoms with van der Waals surface area (Å²) in [6.45, 7) is 28.8. The predicted octanol–water partition coefficient (Wildman–Crippen LogP) is 6.97. The first-order valence-electron chi connectivity index (χ1n) is 12.5. The zero-order valence-corrected chi connectivity index (χ0v) is 21.6. The molecule has 3 nitrogen and oxygen atoms in total. The maximum atomic E-state index is 2.86. The van der Waals surface area contributed by atoms with Gasteiger partial charge in [0.2, 0.25) is 0 Å². The Kier molecular flexibility index (Phi) is 13.9. The number of nitrogens with zero attached hydrogens (tertiary/aromatic N) is 3. The molecular weight excluding hydrogens is 342 g/mol. The summed E-state index contributed by atoms with van der Waals surface area (Å²) in [6, 6.07) is 3.45. The smallest absolute Gasteiger partial charge is 0.121 e. The fourth-order valence-corrected chi connectivity index (χ4v) is 4.40. The van der Waals surface area contributed by atoms with E-state index < -0.39 is 0 Å². The van der Waals surface area contributed by atoms with E-state index in [0.717, 1.165) is 0 Å². The minimum absolute atomic E-state index is 0.361. The molecule has 0 aliphatic carbocycles. The molecule has 6 atom stereocenters. The number of hydrogen-bond donors (Lipinski definition) is 0. The molecular formula is C25H55N3. The Morgan fingerprint density at radius 3 is 0.607 bits per heavy atom. The maximum absolute atomic E-state index is 2.86. The number of rotatable bonds is 15. The van der Waals surface area contributed by atoms with Crippen molar-refractivity contribution < 1.29 is 0 Å². The molecule has 0 aromatic carbocycles. The van der Waals surface area contributed by atoms with E-state index in [9.17, 15) is 0 Å². The second kappa shape index (κ2) is 14.0. The van der Waals surface area contributed by atoms with Crippen molar-refractivity contribution in [3.05, 3.63) is 0 Å². The van der Waals surface area contributed by atoms with Crippen molar-refractivity contribution in [3.63, 3.8) is 0 Å². The minimum Gasteiger partial charge on any atom is -0.270 e. The summed E-state index contributed by atoms with van der Waals surface area (Å²) in [7, 11) is 0. The van der Waals surface area contributed by atoms with Crippen LogP contribution in [-0.4, -0.2) is 57.2 Å². The van der Waals surface area contributed by atoms with Crippen LogP contribution in [0.5, 0.6) is 0 Å². The molecule has 0 spiro atoms. The van der Waals surface area contributed by atoms with Crippen molar-refractivity contribution in [1.82, 2.24) is 14.7 Å². The van der Waals surface area contributed by atoms with E-state index in [0.29, 0.717) is 42.5 Å². The third-order valence-corrected chi connectivity index (χ3v) is 7.40. The molecule has 0 aliphatic heterocycles. The molecule has 0 fully saturated rings. The molecule has 0 N–H and O–H groups in total. The average molecular weight is 398 g/mol. The van der Waals surface area contributed by atoms with Gasteiger partial charge in [0.05, 0.1) is 0 Å². The van der Waals surface area contributed by atoms with Crippen molar-refractivity contribution in [2.24, 2.45) is 0 Å². The Balaban J connectivity index is 6.65. The molecule has 0 heterocycles. The maximum Gasteiger partial charge on any atom is 0.121 e. The summed E-state index contributed by atoms with van der Waals surface area (Å²) in [6.07, 6.45) is 7.55. The molecule has 0 radical (unpaired) electrons. The van der Waals surface area contributed by atoms with Crippen molar-refractivity contribution in [3.8, 4) is 0 Å². The first kappa shape index (κ1) is 27.9. The highest BCUT2D eigenvalue weighted by atomic mass is 15.5. The molecule has 0 aromatic rings. The second-order valence-corrected chi connectivity index (χ2v) is 9.23. The first-order valence-corrected chi connectivity index (χ1v) is 12.5. The van der Waals surface area contributed by atoms with Gasteiger partial charge in [0.25, 0.3) is 0 Å². The van der Waals surface area contributed by atoms with Gasteiger partial charge in [0, 0.05) is 36.3 Å². The van der Waals surface area contributed by atoms with Crippen molar-refractivity contribution in [2.45, 2.75) is 164 Å². The third-order valence-electron chi connectivity index (χ3n) is 7.40. The van der Waals surface area contributed by atoms with E-state index in [4.69, 9.17) is 0 Å². The van der Waals surface area contributed by atoms with Gasteiger partial charge in [0.15, 0.2) is 0 Å². The second-order valence-electron chi connectivity index (χ2n) is 9.23. The van der Waals surface area contributed by atoms with Crippen LogP contribution < -0.4 is 0 Å². The van der Waals surface area contributed by atoms with E-state index in [1.165, 1.54) is 38.5 Å². The van der Waals surface area contributed by atoms with Crippen molar-refractivity contribution in [2.75, 3.05) is 0 Å². The highest BCUT2D eigenvalue weighted by molar-refractivity contribution is 4.90.